The maximum atomic E-state index is 12.3. The molecule has 3 rings (SSSR count). The molecular formula is C21H26N2O2. The van der Waals surface area contributed by atoms with E-state index in [0.29, 0.717) is 0 Å². The fraction of sp³-hybridized carbons (Fsp3) is 0.381. The van der Waals surface area contributed by atoms with Gasteiger partial charge in [-0.25, -0.2) is 0 Å². The number of rotatable bonds is 6. The summed E-state index contributed by atoms with van der Waals surface area (Å²) in [7, 11) is 1.62. The average molecular weight is 338 g/mol. The molecule has 4 heteroatoms. The third kappa shape index (κ3) is 4.32. The van der Waals surface area contributed by atoms with Crippen molar-refractivity contribution in [3.63, 3.8) is 0 Å². The molecule has 0 unspecified atom stereocenters. The highest BCUT2D eigenvalue weighted by Crippen LogP contribution is 2.25. The Labute approximate surface area is 149 Å². The summed E-state index contributed by atoms with van der Waals surface area (Å²) in [4.78, 5) is 12.3. The minimum Gasteiger partial charge on any atom is -0.495 e. The maximum absolute atomic E-state index is 12.3. The molecule has 2 aromatic rings. The predicted molar refractivity (Wildman–Crippen MR) is 101 cm³/mol. The van der Waals surface area contributed by atoms with Crippen molar-refractivity contribution in [1.29, 1.82) is 0 Å². The standard InChI is InChI=1S/C21H26N2O2/c1-15(17-12-11-16-7-3-4-8-18(16)13-17)23-21(24)14-22-19-9-5-6-10-20(19)25-2/h5-6,9-13,15,22H,3-4,7-8,14H2,1-2H3,(H,23,24)/t15-/m0/s1. The van der Waals surface area contributed by atoms with Gasteiger partial charge in [-0.3, -0.25) is 4.79 Å². The number of methoxy groups -OCH3 is 1. The molecule has 25 heavy (non-hydrogen) atoms. The number of benzene rings is 2. The van der Waals surface area contributed by atoms with Crippen molar-refractivity contribution >= 4 is 11.6 Å². The number of nitrogens with one attached hydrogen (secondary N) is 2. The van der Waals surface area contributed by atoms with Gasteiger partial charge >= 0.3 is 0 Å². The van der Waals surface area contributed by atoms with Crippen molar-refractivity contribution in [2.75, 3.05) is 19.0 Å². The minimum atomic E-state index is -0.0314. The largest absolute Gasteiger partial charge is 0.495 e. The molecule has 0 radical (unpaired) electrons. The van der Waals surface area contributed by atoms with Crippen LogP contribution in [-0.4, -0.2) is 19.6 Å². The van der Waals surface area contributed by atoms with E-state index < -0.39 is 0 Å². The summed E-state index contributed by atoms with van der Waals surface area (Å²) >= 11 is 0. The second-order valence-electron chi connectivity index (χ2n) is 6.58. The normalized spacial score (nSPS) is 14.3. The Hall–Kier alpha value is -2.49. The first-order valence-corrected chi connectivity index (χ1v) is 8.95. The van der Waals surface area contributed by atoms with Crippen molar-refractivity contribution in [2.24, 2.45) is 0 Å². The molecule has 4 nitrogen and oxygen atoms in total. The molecule has 0 saturated heterocycles. The molecule has 1 atom stereocenters. The number of ether oxygens (including phenoxy) is 1. The summed E-state index contributed by atoms with van der Waals surface area (Å²) in [5.41, 5.74) is 4.90. The van der Waals surface area contributed by atoms with Crippen LogP contribution in [0.25, 0.3) is 0 Å². The van der Waals surface area contributed by atoms with Gasteiger partial charge in [0.25, 0.3) is 0 Å². The number of carbonyl (C=O) groups is 1. The fourth-order valence-electron chi connectivity index (χ4n) is 3.36. The van der Waals surface area contributed by atoms with E-state index in [0.717, 1.165) is 17.9 Å². The van der Waals surface area contributed by atoms with E-state index in [1.54, 1.807) is 7.11 Å². The Morgan fingerprint density at radius 1 is 1.12 bits per heavy atom. The zero-order chi connectivity index (χ0) is 17.6. The average Bonchev–Trinajstić information content (AvgIpc) is 2.66. The van der Waals surface area contributed by atoms with E-state index in [1.807, 2.05) is 31.2 Å². The first-order chi connectivity index (χ1) is 12.2. The lowest BCUT2D eigenvalue weighted by molar-refractivity contribution is -0.120. The SMILES string of the molecule is COc1ccccc1NCC(=O)N[C@@H](C)c1ccc2c(c1)CCCC2. The van der Waals surface area contributed by atoms with Crippen LogP contribution >= 0.6 is 0 Å². The van der Waals surface area contributed by atoms with Crippen LogP contribution in [-0.2, 0) is 17.6 Å². The van der Waals surface area contributed by atoms with E-state index in [9.17, 15) is 4.79 Å². The Balaban J connectivity index is 1.57. The van der Waals surface area contributed by atoms with Gasteiger partial charge in [0.1, 0.15) is 5.75 Å². The molecule has 0 heterocycles. The van der Waals surface area contributed by atoms with Gasteiger partial charge in [-0.15, -0.1) is 0 Å². The molecule has 0 aliphatic heterocycles. The first-order valence-electron chi connectivity index (χ1n) is 8.95. The lowest BCUT2D eigenvalue weighted by atomic mass is 9.89. The van der Waals surface area contributed by atoms with Gasteiger partial charge < -0.3 is 15.4 Å². The number of hydrogen-bond donors (Lipinski definition) is 2. The third-order valence-corrected chi connectivity index (χ3v) is 4.80. The molecule has 0 spiro atoms. The number of aryl methyl sites for hydroxylation is 2. The van der Waals surface area contributed by atoms with Crippen LogP contribution < -0.4 is 15.4 Å². The molecule has 132 valence electrons. The monoisotopic (exact) mass is 338 g/mol. The van der Waals surface area contributed by atoms with Crippen molar-refractivity contribution in [3.05, 3.63) is 59.2 Å². The van der Waals surface area contributed by atoms with Crippen molar-refractivity contribution in [2.45, 2.75) is 38.6 Å². The molecule has 0 bridgehead atoms. The number of carbonyl (C=O) groups excluding carboxylic acids is 1. The van der Waals surface area contributed by atoms with Crippen LogP contribution in [0.4, 0.5) is 5.69 Å². The highest BCUT2D eigenvalue weighted by molar-refractivity contribution is 5.81. The van der Waals surface area contributed by atoms with Gasteiger partial charge in [0.05, 0.1) is 25.4 Å². The van der Waals surface area contributed by atoms with Gasteiger partial charge in [-0.05, 0) is 61.4 Å². The number of anilines is 1. The van der Waals surface area contributed by atoms with Gasteiger partial charge in [0, 0.05) is 0 Å². The molecular weight excluding hydrogens is 312 g/mol. The summed E-state index contributed by atoms with van der Waals surface area (Å²) < 4.78 is 5.29. The van der Waals surface area contributed by atoms with Crippen LogP contribution in [0, 0.1) is 0 Å². The van der Waals surface area contributed by atoms with Crippen molar-refractivity contribution in [3.8, 4) is 5.75 Å². The van der Waals surface area contributed by atoms with Crippen LogP contribution in [0.15, 0.2) is 42.5 Å². The predicted octanol–water partition coefficient (Wildman–Crippen LogP) is 3.86. The minimum absolute atomic E-state index is 0.000745. The van der Waals surface area contributed by atoms with Gasteiger partial charge in [0.15, 0.2) is 0 Å². The Morgan fingerprint density at radius 3 is 2.68 bits per heavy atom. The summed E-state index contributed by atoms with van der Waals surface area (Å²) in [6, 6.07) is 14.2. The fourth-order valence-corrected chi connectivity index (χ4v) is 3.36. The molecule has 1 amide bonds. The molecule has 1 aliphatic carbocycles. The summed E-state index contributed by atoms with van der Waals surface area (Å²) in [6.07, 6.45) is 4.88. The molecule has 2 N–H and O–H groups in total. The summed E-state index contributed by atoms with van der Waals surface area (Å²) in [5, 5.41) is 6.20. The van der Waals surface area contributed by atoms with E-state index >= 15 is 0 Å². The highest BCUT2D eigenvalue weighted by Gasteiger charge is 2.14. The van der Waals surface area contributed by atoms with Crippen LogP contribution in [0.1, 0.15) is 42.5 Å². The number of amides is 1. The lowest BCUT2D eigenvalue weighted by Gasteiger charge is -2.20. The second kappa shape index (κ2) is 8.06. The Bertz CT molecular complexity index is 742. The van der Waals surface area contributed by atoms with Gasteiger partial charge in [-0.1, -0.05) is 30.3 Å². The zero-order valence-corrected chi connectivity index (χ0v) is 15.0. The quantitative estimate of drug-likeness (QED) is 0.841. The molecule has 0 saturated carbocycles. The Kier molecular flexibility index (Phi) is 5.59. The van der Waals surface area contributed by atoms with Crippen LogP contribution in [0.3, 0.4) is 0 Å². The summed E-state index contributed by atoms with van der Waals surface area (Å²) in [6.45, 7) is 2.25. The number of hydrogen-bond acceptors (Lipinski definition) is 3. The molecule has 2 aromatic carbocycles. The van der Waals surface area contributed by atoms with Crippen LogP contribution in [0.2, 0.25) is 0 Å². The zero-order valence-electron chi connectivity index (χ0n) is 15.0. The van der Waals surface area contributed by atoms with Crippen molar-refractivity contribution in [1.82, 2.24) is 5.32 Å². The van der Waals surface area contributed by atoms with Crippen LogP contribution in [0.5, 0.6) is 5.75 Å². The maximum Gasteiger partial charge on any atom is 0.239 e. The summed E-state index contributed by atoms with van der Waals surface area (Å²) in [5.74, 6) is 0.703. The smallest absolute Gasteiger partial charge is 0.239 e. The van der Waals surface area contributed by atoms with E-state index in [2.05, 4.69) is 28.8 Å². The Morgan fingerprint density at radius 2 is 1.88 bits per heavy atom. The van der Waals surface area contributed by atoms with Gasteiger partial charge in [-0.2, -0.15) is 0 Å². The van der Waals surface area contributed by atoms with Gasteiger partial charge in [0.2, 0.25) is 5.91 Å². The highest BCUT2D eigenvalue weighted by atomic mass is 16.5. The number of fused-ring (bicyclic) bond motifs is 1. The first kappa shape index (κ1) is 17.3. The lowest BCUT2D eigenvalue weighted by Crippen LogP contribution is -2.32. The third-order valence-electron chi connectivity index (χ3n) is 4.80. The molecule has 1 aliphatic rings. The topological polar surface area (TPSA) is 50.4 Å². The second-order valence-corrected chi connectivity index (χ2v) is 6.58. The number of para-hydroxylation sites is 2. The van der Waals surface area contributed by atoms with Crippen molar-refractivity contribution < 1.29 is 9.53 Å². The molecule has 0 fully saturated rings. The van der Waals surface area contributed by atoms with E-state index in [-0.39, 0.29) is 18.5 Å². The van der Waals surface area contributed by atoms with E-state index in [1.165, 1.54) is 36.0 Å². The van der Waals surface area contributed by atoms with E-state index in [4.69, 9.17) is 4.74 Å². The molecule has 0 aromatic heterocycles.